The van der Waals surface area contributed by atoms with E-state index in [9.17, 15) is 5.11 Å². The lowest BCUT2D eigenvalue weighted by atomic mass is 9.91. The minimum Gasteiger partial charge on any atom is -0.493 e. The topological polar surface area (TPSA) is 47.9 Å². The Hall–Kier alpha value is -1.42. The van der Waals surface area contributed by atoms with Crippen molar-refractivity contribution in [2.75, 3.05) is 14.2 Å². The van der Waals surface area contributed by atoms with Crippen LogP contribution in [0.4, 0.5) is 0 Å². The Kier molecular flexibility index (Phi) is 2.91. The van der Waals surface area contributed by atoms with Crippen LogP contribution in [0.2, 0.25) is 0 Å². The van der Waals surface area contributed by atoms with Gasteiger partial charge in [0.05, 0.1) is 20.3 Å². The molecule has 1 N–H and O–H groups in total. The Morgan fingerprint density at radius 3 is 2.41 bits per heavy atom. The molecule has 1 aliphatic heterocycles. The Labute approximate surface area is 101 Å². The monoisotopic (exact) mass is 238 g/mol. The molecular weight excluding hydrogens is 220 g/mol. The maximum Gasteiger partial charge on any atom is 0.164 e. The number of rotatable bonds is 2. The van der Waals surface area contributed by atoms with E-state index in [0.717, 1.165) is 11.3 Å². The van der Waals surface area contributed by atoms with Gasteiger partial charge in [0.1, 0.15) is 11.4 Å². The molecule has 0 aliphatic carbocycles. The van der Waals surface area contributed by atoms with Gasteiger partial charge >= 0.3 is 0 Å². The summed E-state index contributed by atoms with van der Waals surface area (Å²) in [6.45, 7) is 3.74. The van der Waals surface area contributed by atoms with Gasteiger partial charge in [0.25, 0.3) is 0 Å². The molecule has 0 saturated heterocycles. The maximum atomic E-state index is 9.98. The van der Waals surface area contributed by atoms with Crippen LogP contribution in [-0.2, 0) is 6.42 Å². The van der Waals surface area contributed by atoms with E-state index in [0.29, 0.717) is 17.9 Å². The summed E-state index contributed by atoms with van der Waals surface area (Å²) in [6, 6.07) is 3.66. The van der Waals surface area contributed by atoms with Gasteiger partial charge in [-0.2, -0.15) is 0 Å². The average Bonchev–Trinajstić information content (AvgIpc) is 2.28. The van der Waals surface area contributed by atoms with E-state index in [-0.39, 0.29) is 0 Å². The number of benzene rings is 1. The van der Waals surface area contributed by atoms with Crippen molar-refractivity contribution in [3.63, 3.8) is 0 Å². The lowest BCUT2D eigenvalue weighted by Crippen LogP contribution is -2.46. The smallest absolute Gasteiger partial charge is 0.164 e. The fourth-order valence-electron chi connectivity index (χ4n) is 1.96. The first kappa shape index (κ1) is 12.0. The van der Waals surface area contributed by atoms with E-state index in [1.807, 2.05) is 26.0 Å². The fourth-order valence-corrected chi connectivity index (χ4v) is 1.96. The second-order valence-electron chi connectivity index (χ2n) is 4.74. The average molecular weight is 238 g/mol. The molecule has 0 aromatic heterocycles. The molecule has 0 radical (unpaired) electrons. The molecule has 4 nitrogen and oxygen atoms in total. The van der Waals surface area contributed by atoms with Crippen molar-refractivity contribution in [2.24, 2.45) is 0 Å². The Morgan fingerprint density at radius 2 is 1.82 bits per heavy atom. The molecule has 1 heterocycles. The third-order valence-corrected chi connectivity index (χ3v) is 3.16. The first-order valence-corrected chi connectivity index (χ1v) is 5.60. The summed E-state index contributed by atoms with van der Waals surface area (Å²) in [5.41, 5.74) is 0.363. The number of hydrogen-bond acceptors (Lipinski definition) is 4. The second kappa shape index (κ2) is 4.11. The molecule has 2 rings (SSSR count). The molecule has 4 heteroatoms. The largest absolute Gasteiger partial charge is 0.493 e. The van der Waals surface area contributed by atoms with Gasteiger partial charge in [-0.3, -0.25) is 0 Å². The van der Waals surface area contributed by atoms with Gasteiger partial charge in [0, 0.05) is 18.1 Å². The first-order valence-electron chi connectivity index (χ1n) is 5.60. The zero-order valence-electron chi connectivity index (χ0n) is 10.6. The van der Waals surface area contributed by atoms with Crippen molar-refractivity contribution >= 4 is 0 Å². The third-order valence-electron chi connectivity index (χ3n) is 3.16. The number of aliphatic hydroxyl groups excluding tert-OH is 1. The highest BCUT2D eigenvalue weighted by Gasteiger charge is 2.36. The van der Waals surface area contributed by atoms with Gasteiger partial charge in [-0.25, -0.2) is 0 Å². The van der Waals surface area contributed by atoms with Crippen molar-refractivity contribution in [1.82, 2.24) is 0 Å². The first-order chi connectivity index (χ1) is 7.97. The highest BCUT2D eigenvalue weighted by molar-refractivity contribution is 5.52. The zero-order chi connectivity index (χ0) is 12.6. The maximum absolute atomic E-state index is 9.98. The molecular formula is C13H18O4. The molecule has 1 aromatic rings. The van der Waals surface area contributed by atoms with E-state index < -0.39 is 11.7 Å². The van der Waals surface area contributed by atoms with Crippen LogP contribution in [0, 0.1) is 0 Å². The van der Waals surface area contributed by atoms with Crippen molar-refractivity contribution in [1.29, 1.82) is 0 Å². The number of fused-ring (bicyclic) bond motifs is 1. The van der Waals surface area contributed by atoms with Crippen LogP contribution in [0.15, 0.2) is 12.1 Å². The van der Waals surface area contributed by atoms with Gasteiger partial charge in [-0.05, 0) is 19.9 Å². The Bertz CT molecular complexity index is 426. The predicted molar refractivity (Wildman–Crippen MR) is 64.0 cm³/mol. The molecule has 1 atom stereocenters. The molecule has 0 saturated carbocycles. The van der Waals surface area contributed by atoms with E-state index >= 15 is 0 Å². The van der Waals surface area contributed by atoms with E-state index in [4.69, 9.17) is 14.2 Å². The molecule has 1 aromatic carbocycles. The van der Waals surface area contributed by atoms with E-state index in [1.54, 1.807) is 14.2 Å². The Morgan fingerprint density at radius 1 is 1.24 bits per heavy atom. The summed E-state index contributed by atoms with van der Waals surface area (Å²) in [6.07, 6.45) is 0.0379. The lowest BCUT2D eigenvalue weighted by molar-refractivity contribution is -0.0413. The van der Waals surface area contributed by atoms with Gasteiger partial charge in [-0.1, -0.05) is 0 Å². The molecule has 0 spiro atoms. The highest BCUT2D eigenvalue weighted by Crippen LogP contribution is 2.40. The zero-order valence-corrected chi connectivity index (χ0v) is 10.6. The quantitative estimate of drug-likeness (QED) is 0.853. The second-order valence-corrected chi connectivity index (χ2v) is 4.74. The summed E-state index contributed by atoms with van der Waals surface area (Å²) < 4.78 is 16.2. The van der Waals surface area contributed by atoms with E-state index in [1.165, 1.54) is 0 Å². The summed E-state index contributed by atoms with van der Waals surface area (Å²) in [5.74, 6) is 2.04. The van der Waals surface area contributed by atoms with Crippen molar-refractivity contribution < 1.29 is 19.3 Å². The lowest BCUT2D eigenvalue weighted by Gasteiger charge is -2.37. The molecule has 94 valence electrons. The molecule has 1 aliphatic rings. The van der Waals surface area contributed by atoms with Gasteiger partial charge in [0.15, 0.2) is 11.5 Å². The van der Waals surface area contributed by atoms with Crippen molar-refractivity contribution in [3.8, 4) is 17.2 Å². The van der Waals surface area contributed by atoms with Crippen molar-refractivity contribution in [2.45, 2.75) is 32.0 Å². The van der Waals surface area contributed by atoms with E-state index in [2.05, 4.69) is 0 Å². The Balaban J connectivity index is 2.45. The summed E-state index contributed by atoms with van der Waals surface area (Å²) in [7, 11) is 3.18. The minimum absolute atomic E-state index is 0.520. The standard InChI is InChI=1S/C13H18O4/c1-13(2)12(14)6-8-5-10(15-3)11(16-4)7-9(8)17-13/h5,7,12,14H,6H2,1-4H3. The summed E-state index contributed by atoms with van der Waals surface area (Å²) in [4.78, 5) is 0. The van der Waals surface area contributed by atoms with Crippen molar-refractivity contribution in [3.05, 3.63) is 17.7 Å². The summed E-state index contributed by atoms with van der Waals surface area (Å²) in [5, 5.41) is 9.98. The molecule has 17 heavy (non-hydrogen) atoms. The van der Waals surface area contributed by atoms with Gasteiger partial charge in [-0.15, -0.1) is 0 Å². The van der Waals surface area contributed by atoms with Crippen LogP contribution in [0.3, 0.4) is 0 Å². The van der Waals surface area contributed by atoms with Crippen LogP contribution in [-0.4, -0.2) is 31.0 Å². The molecule has 1 unspecified atom stereocenters. The number of aliphatic hydroxyl groups is 1. The number of hydrogen-bond donors (Lipinski definition) is 1. The van der Waals surface area contributed by atoms with Gasteiger partial charge < -0.3 is 19.3 Å². The SMILES string of the molecule is COc1cc2c(cc1OC)OC(C)(C)C(O)C2. The van der Waals surface area contributed by atoms with Crippen LogP contribution >= 0.6 is 0 Å². The highest BCUT2D eigenvalue weighted by atomic mass is 16.5. The molecule has 0 amide bonds. The molecule has 0 fully saturated rings. The fraction of sp³-hybridized carbons (Fsp3) is 0.538. The predicted octanol–water partition coefficient (Wildman–Crippen LogP) is 1.78. The van der Waals surface area contributed by atoms with Crippen LogP contribution < -0.4 is 14.2 Å². The minimum atomic E-state index is -0.577. The van der Waals surface area contributed by atoms with Crippen LogP contribution in [0.1, 0.15) is 19.4 Å². The van der Waals surface area contributed by atoms with Gasteiger partial charge in [0.2, 0.25) is 0 Å². The summed E-state index contributed by atoms with van der Waals surface area (Å²) >= 11 is 0. The van der Waals surface area contributed by atoms with Crippen LogP contribution in [0.25, 0.3) is 0 Å². The number of methoxy groups -OCH3 is 2. The third kappa shape index (κ3) is 2.05. The number of ether oxygens (including phenoxy) is 3. The normalized spacial score (nSPS) is 21.4. The molecule has 0 bridgehead atoms. The van der Waals surface area contributed by atoms with Crippen LogP contribution in [0.5, 0.6) is 17.2 Å².